The standard InChI is InChI=1S/C9H8F4O2/c1-15-3-6(14)7-8(12)4(10)2-5(11)9(7)13/h2,6,14H,3H2,1H3. The minimum atomic E-state index is -1.75. The van der Waals surface area contributed by atoms with Crippen molar-refractivity contribution in [3.63, 3.8) is 0 Å². The lowest BCUT2D eigenvalue weighted by atomic mass is 10.1. The summed E-state index contributed by atoms with van der Waals surface area (Å²) in [5.41, 5.74) is -1.06. The van der Waals surface area contributed by atoms with Gasteiger partial charge in [-0.1, -0.05) is 0 Å². The minimum absolute atomic E-state index is 0.0771. The van der Waals surface area contributed by atoms with Crippen LogP contribution in [0.5, 0.6) is 0 Å². The Hall–Kier alpha value is -1.14. The van der Waals surface area contributed by atoms with Crippen molar-refractivity contribution in [2.45, 2.75) is 6.10 Å². The molecule has 0 spiro atoms. The van der Waals surface area contributed by atoms with Crippen LogP contribution in [0.25, 0.3) is 0 Å². The van der Waals surface area contributed by atoms with Gasteiger partial charge in [0.2, 0.25) is 0 Å². The zero-order chi connectivity index (χ0) is 11.6. The highest BCUT2D eigenvalue weighted by Crippen LogP contribution is 2.25. The summed E-state index contributed by atoms with van der Waals surface area (Å²) in [4.78, 5) is 0. The third kappa shape index (κ3) is 2.27. The predicted molar refractivity (Wildman–Crippen MR) is 43.1 cm³/mol. The molecule has 1 aromatic carbocycles. The highest BCUT2D eigenvalue weighted by atomic mass is 19.2. The first kappa shape index (κ1) is 11.9. The third-order valence-electron chi connectivity index (χ3n) is 1.80. The van der Waals surface area contributed by atoms with Crippen LogP contribution in [0.2, 0.25) is 0 Å². The van der Waals surface area contributed by atoms with Gasteiger partial charge in [0.15, 0.2) is 23.3 Å². The van der Waals surface area contributed by atoms with Crippen LogP contribution in [0.1, 0.15) is 11.7 Å². The highest BCUT2D eigenvalue weighted by Gasteiger charge is 2.24. The SMILES string of the molecule is COCC(O)c1c(F)c(F)cc(F)c1F. The number of aliphatic hydroxyl groups excluding tert-OH is 1. The fraction of sp³-hybridized carbons (Fsp3) is 0.333. The van der Waals surface area contributed by atoms with Crippen molar-refractivity contribution in [2.24, 2.45) is 0 Å². The molecule has 6 heteroatoms. The number of halogens is 4. The van der Waals surface area contributed by atoms with Crippen molar-refractivity contribution in [1.29, 1.82) is 0 Å². The zero-order valence-corrected chi connectivity index (χ0v) is 7.73. The van der Waals surface area contributed by atoms with Crippen molar-refractivity contribution in [1.82, 2.24) is 0 Å². The molecule has 0 aliphatic carbocycles. The first-order chi connectivity index (χ1) is 6.99. The zero-order valence-electron chi connectivity index (χ0n) is 7.73. The average molecular weight is 224 g/mol. The van der Waals surface area contributed by atoms with Gasteiger partial charge in [-0.2, -0.15) is 0 Å². The molecule has 0 aliphatic rings. The molecule has 0 amide bonds. The number of hydrogen-bond acceptors (Lipinski definition) is 2. The van der Waals surface area contributed by atoms with Crippen LogP contribution in [-0.2, 0) is 4.74 Å². The van der Waals surface area contributed by atoms with Gasteiger partial charge < -0.3 is 9.84 Å². The molecule has 1 rings (SSSR count). The van der Waals surface area contributed by atoms with Gasteiger partial charge in [-0.25, -0.2) is 17.6 Å². The van der Waals surface area contributed by atoms with E-state index in [9.17, 15) is 22.7 Å². The molecule has 2 nitrogen and oxygen atoms in total. The molecule has 1 atom stereocenters. The molecule has 1 N–H and O–H groups in total. The van der Waals surface area contributed by atoms with E-state index in [1.165, 1.54) is 7.11 Å². The Labute approximate surface area is 83.1 Å². The maximum absolute atomic E-state index is 13.0. The van der Waals surface area contributed by atoms with Crippen LogP contribution >= 0.6 is 0 Å². The summed E-state index contributed by atoms with van der Waals surface area (Å²) in [6, 6.07) is 0.0771. The van der Waals surface area contributed by atoms with E-state index in [0.29, 0.717) is 0 Å². The molecule has 0 saturated carbocycles. The Morgan fingerprint density at radius 1 is 1.20 bits per heavy atom. The summed E-state index contributed by atoms with van der Waals surface area (Å²) in [6.07, 6.45) is -1.75. The van der Waals surface area contributed by atoms with Gasteiger partial charge >= 0.3 is 0 Å². The van der Waals surface area contributed by atoms with E-state index >= 15 is 0 Å². The Morgan fingerprint density at radius 3 is 2.07 bits per heavy atom. The van der Waals surface area contributed by atoms with E-state index in [1.807, 2.05) is 0 Å². The molecule has 15 heavy (non-hydrogen) atoms. The molecule has 0 saturated heterocycles. The summed E-state index contributed by atoms with van der Waals surface area (Å²) >= 11 is 0. The molecule has 1 unspecified atom stereocenters. The maximum Gasteiger partial charge on any atom is 0.167 e. The van der Waals surface area contributed by atoms with E-state index < -0.39 is 41.5 Å². The molecule has 0 aromatic heterocycles. The van der Waals surface area contributed by atoms with Crippen molar-refractivity contribution < 1.29 is 27.4 Å². The number of hydrogen-bond donors (Lipinski definition) is 1. The largest absolute Gasteiger partial charge is 0.386 e. The lowest BCUT2D eigenvalue weighted by molar-refractivity contribution is 0.0585. The first-order valence-electron chi connectivity index (χ1n) is 3.99. The van der Waals surface area contributed by atoms with Gasteiger partial charge in [-0.3, -0.25) is 0 Å². The Balaban J connectivity index is 3.26. The second-order valence-corrected chi connectivity index (χ2v) is 2.85. The Kier molecular flexibility index (Phi) is 3.65. The van der Waals surface area contributed by atoms with Gasteiger partial charge in [-0.05, 0) is 0 Å². The maximum atomic E-state index is 13.0. The number of rotatable bonds is 3. The smallest absolute Gasteiger partial charge is 0.167 e. The molecular weight excluding hydrogens is 216 g/mol. The van der Waals surface area contributed by atoms with Crippen LogP contribution < -0.4 is 0 Å². The predicted octanol–water partition coefficient (Wildman–Crippen LogP) is 1.92. The highest BCUT2D eigenvalue weighted by molar-refractivity contribution is 5.24. The van der Waals surface area contributed by atoms with Crippen LogP contribution in [0.4, 0.5) is 17.6 Å². The fourth-order valence-corrected chi connectivity index (χ4v) is 1.13. The number of methoxy groups -OCH3 is 1. The number of benzene rings is 1. The van der Waals surface area contributed by atoms with Gasteiger partial charge in [0.1, 0.15) is 6.10 Å². The molecule has 0 heterocycles. The minimum Gasteiger partial charge on any atom is -0.386 e. The number of ether oxygens (including phenoxy) is 1. The monoisotopic (exact) mass is 224 g/mol. The summed E-state index contributed by atoms with van der Waals surface area (Å²) < 4.78 is 55.8. The van der Waals surface area contributed by atoms with Crippen molar-refractivity contribution in [3.05, 3.63) is 34.9 Å². The number of aliphatic hydroxyl groups is 1. The lowest BCUT2D eigenvalue weighted by Gasteiger charge is -2.12. The quantitative estimate of drug-likeness (QED) is 0.627. The molecule has 0 fully saturated rings. The van der Waals surface area contributed by atoms with Gasteiger partial charge in [0, 0.05) is 13.2 Å². The van der Waals surface area contributed by atoms with Gasteiger partial charge in [0.05, 0.1) is 12.2 Å². The van der Waals surface area contributed by atoms with E-state index in [-0.39, 0.29) is 6.07 Å². The second-order valence-electron chi connectivity index (χ2n) is 2.85. The van der Waals surface area contributed by atoms with E-state index in [2.05, 4.69) is 4.74 Å². The third-order valence-corrected chi connectivity index (χ3v) is 1.80. The molecule has 0 bridgehead atoms. The summed E-state index contributed by atoms with van der Waals surface area (Å²) in [5, 5.41) is 9.19. The van der Waals surface area contributed by atoms with Gasteiger partial charge in [-0.15, -0.1) is 0 Å². The normalized spacial score (nSPS) is 12.9. The van der Waals surface area contributed by atoms with E-state index in [4.69, 9.17) is 0 Å². The molecule has 0 radical (unpaired) electrons. The lowest BCUT2D eigenvalue weighted by Crippen LogP contribution is -2.12. The summed E-state index contributed by atoms with van der Waals surface area (Å²) in [5.74, 6) is -6.34. The molecule has 0 aliphatic heterocycles. The van der Waals surface area contributed by atoms with E-state index in [0.717, 1.165) is 0 Å². The summed E-state index contributed by atoms with van der Waals surface area (Å²) in [6.45, 7) is -0.462. The molecule has 84 valence electrons. The van der Waals surface area contributed by atoms with E-state index in [1.54, 1.807) is 0 Å². The topological polar surface area (TPSA) is 29.5 Å². The van der Waals surface area contributed by atoms with Crippen molar-refractivity contribution in [2.75, 3.05) is 13.7 Å². The fourth-order valence-electron chi connectivity index (χ4n) is 1.13. The van der Waals surface area contributed by atoms with Crippen molar-refractivity contribution in [3.8, 4) is 0 Å². The van der Waals surface area contributed by atoms with Crippen LogP contribution in [0.3, 0.4) is 0 Å². The van der Waals surface area contributed by atoms with Crippen LogP contribution in [0, 0.1) is 23.3 Å². The molecule has 1 aromatic rings. The first-order valence-corrected chi connectivity index (χ1v) is 3.99. The Bertz CT molecular complexity index is 341. The van der Waals surface area contributed by atoms with Crippen LogP contribution in [0.15, 0.2) is 6.07 Å². The Morgan fingerprint density at radius 2 is 1.67 bits per heavy atom. The second kappa shape index (κ2) is 4.59. The summed E-state index contributed by atoms with van der Waals surface area (Å²) in [7, 11) is 1.18. The molecular formula is C9H8F4O2. The van der Waals surface area contributed by atoms with Crippen molar-refractivity contribution >= 4 is 0 Å². The van der Waals surface area contributed by atoms with Crippen LogP contribution in [-0.4, -0.2) is 18.8 Å². The van der Waals surface area contributed by atoms with Gasteiger partial charge in [0.25, 0.3) is 0 Å². The average Bonchev–Trinajstić information content (AvgIpc) is 2.16.